The van der Waals surface area contributed by atoms with Gasteiger partial charge in [0.25, 0.3) is 0 Å². The molecule has 0 radical (unpaired) electrons. The van der Waals surface area contributed by atoms with Crippen molar-refractivity contribution in [2.24, 2.45) is 0 Å². The number of nitrogens with zero attached hydrogens (tertiary/aromatic N) is 1. The van der Waals surface area contributed by atoms with E-state index in [0.717, 1.165) is 18.4 Å². The summed E-state index contributed by atoms with van der Waals surface area (Å²) in [6.45, 7) is 0. The molecule has 4 nitrogen and oxygen atoms in total. The normalized spacial score (nSPS) is 18.3. The van der Waals surface area contributed by atoms with Crippen LogP contribution in [0.1, 0.15) is 73.3 Å². The van der Waals surface area contributed by atoms with Crippen LogP contribution in [-0.2, 0) is 0 Å². The van der Waals surface area contributed by atoms with Crippen molar-refractivity contribution in [1.29, 1.82) is 0 Å². The maximum atomic E-state index is 10.8. The molecule has 1 aliphatic rings. The van der Waals surface area contributed by atoms with Crippen molar-refractivity contribution >= 4 is 5.97 Å². The maximum absolute atomic E-state index is 10.8. The van der Waals surface area contributed by atoms with Crippen molar-refractivity contribution in [3.05, 3.63) is 23.5 Å². The number of hydrogen-bond acceptors (Lipinski definition) is 3. The van der Waals surface area contributed by atoms with Crippen LogP contribution in [0.2, 0.25) is 0 Å². The molecule has 0 unspecified atom stereocenters. The Morgan fingerprint density at radius 2 is 1.68 bits per heavy atom. The van der Waals surface area contributed by atoms with Gasteiger partial charge in [0, 0.05) is 6.20 Å². The van der Waals surface area contributed by atoms with E-state index in [4.69, 9.17) is 5.11 Å². The molecule has 1 fully saturated rings. The van der Waals surface area contributed by atoms with Crippen LogP contribution >= 0.6 is 0 Å². The van der Waals surface area contributed by atoms with Gasteiger partial charge in [0.1, 0.15) is 5.75 Å². The van der Waals surface area contributed by atoms with Gasteiger partial charge in [0.05, 0.1) is 0 Å². The van der Waals surface area contributed by atoms with Crippen LogP contribution in [0.5, 0.6) is 5.75 Å². The molecule has 4 heteroatoms. The second kappa shape index (κ2) is 6.55. The lowest BCUT2D eigenvalue weighted by Gasteiger charge is -2.16. The molecule has 2 N–H and O–H groups in total. The smallest absolute Gasteiger partial charge is 0.358 e. The number of aromatic nitrogens is 1. The van der Waals surface area contributed by atoms with E-state index >= 15 is 0 Å². The molecule has 2 rings (SSSR count). The molecule has 0 bridgehead atoms. The predicted octanol–water partition coefficient (Wildman–Crippen LogP) is 3.70. The van der Waals surface area contributed by atoms with E-state index in [1.54, 1.807) is 12.3 Å². The molecule has 0 saturated heterocycles. The van der Waals surface area contributed by atoms with E-state index in [-0.39, 0.29) is 11.4 Å². The first-order chi connectivity index (χ1) is 9.18. The number of pyridine rings is 1. The number of rotatable bonds is 2. The van der Waals surface area contributed by atoms with Crippen molar-refractivity contribution in [3.8, 4) is 5.75 Å². The van der Waals surface area contributed by atoms with Crippen LogP contribution in [0.3, 0.4) is 0 Å². The van der Waals surface area contributed by atoms with Crippen LogP contribution in [0.25, 0.3) is 0 Å². The molecule has 19 heavy (non-hydrogen) atoms. The van der Waals surface area contributed by atoms with Crippen LogP contribution in [0.4, 0.5) is 0 Å². The van der Waals surface area contributed by atoms with Gasteiger partial charge in [-0.15, -0.1) is 0 Å². The van der Waals surface area contributed by atoms with E-state index in [9.17, 15) is 9.90 Å². The second-order valence-corrected chi connectivity index (χ2v) is 5.34. The fourth-order valence-corrected chi connectivity index (χ4v) is 2.82. The molecule has 1 aromatic rings. The number of aromatic carboxylic acids is 1. The van der Waals surface area contributed by atoms with Gasteiger partial charge in [0.15, 0.2) is 5.69 Å². The average molecular weight is 263 g/mol. The summed E-state index contributed by atoms with van der Waals surface area (Å²) in [6, 6.07) is 1.58. The van der Waals surface area contributed by atoms with E-state index in [2.05, 4.69) is 4.98 Å². The minimum absolute atomic E-state index is 0.218. The van der Waals surface area contributed by atoms with Gasteiger partial charge in [-0.25, -0.2) is 9.78 Å². The van der Waals surface area contributed by atoms with Gasteiger partial charge in [-0.3, -0.25) is 0 Å². The van der Waals surface area contributed by atoms with Crippen molar-refractivity contribution in [3.63, 3.8) is 0 Å². The van der Waals surface area contributed by atoms with Crippen molar-refractivity contribution < 1.29 is 15.0 Å². The fourth-order valence-electron chi connectivity index (χ4n) is 2.82. The highest BCUT2D eigenvalue weighted by molar-refractivity contribution is 5.88. The zero-order valence-electron chi connectivity index (χ0n) is 11.1. The molecule has 0 amide bonds. The van der Waals surface area contributed by atoms with Gasteiger partial charge in [0.2, 0.25) is 0 Å². The Labute approximate surface area is 113 Å². The number of carbonyl (C=O) groups is 1. The van der Waals surface area contributed by atoms with Crippen molar-refractivity contribution in [2.75, 3.05) is 0 Å². The summed E-state index contributed by atoms with van der Waals surface area (Å²) in [6.07, 6.45) is 11.4. The van der Waals surface area contributed by atoms with Gasteiger partial charge >= 0.3 is 5.97 Å². The maximum Gasteiger partial charge on any atom is 0.358 e. The van der Waals surface area contributed by atoms with E-state index in [1.165, 1.54) is 38.5 Å². The summed E-state index contributed by atoms with van der Waals surface area (Å²) in [5, 5.41) is 18.6. The minimum Gasteiger partial charge on any atom is -0.505 e. The Morgan fingerprint density at radius 3 is 2.21 bits per heavy atom. The topological polar surface area (TPSA) is 70.4 Å². The van der Waals surface area contributed by atoms with Crippen LogP contribution in [-0.4, -0.2) is 21.2 Å². The highest BCUT2D eigenvalue weighted by atomic mass is 16.4. The molecule has 1 aliphatic carbocycles. The fraction of sp³-hybridized carbons (Fsp3) is 0.600. The summed E-state index contributed by atoms with van der Waals surface area (Å²) >= 11 is 0. The van der Waals surface area contributed by atoms with Crippen LogP contribution in [0.15, 0.2) is 12.3 Å². The predicted molar refractivity (Wildman–Crippen MR) is 72.5 cm³/mol. The molecular formula is C15H21NO3. The van der Waals surface area contributed by atoms with E-state index in [0.29, 0.717) is 5.92 Å². The summed E-state index contributed by atoms with van der Waals surface area (Å²) < 4.78 is 0. The monoisotopic (exact) mass is 263 g/mol. The zero-order valence-corrected chi connectivity index (χ0v) is 11.1. The van der Waals surface area contributed by atoms with Crippen molar-refractivity contribution in [1.82, 2.24) is 4.98 Å². The third-order valence-electron chi connectivity index (χ3n) is 3.92. The molecule has 1 heterocycles. The molecular weight excluding hydrogens is 242 g/mol. The van der Waals surface area contributed by atoms with Gasteiger partial charge < -0.3 is 10.2 Å². The summed E-state index contributed by atoms with van der Waals surface area (Å²) in [5.74, 6) is -0.997. The number of carboxylic acid groups (broad SMARTS) is 1. The quantitative estimate of drug-likeness (QED) is 0.853. The Bertz CT molecular complexity index is 435. The average Bonchev–Trinajstić information content (AvgIpc) is 2.51. The number of hydrogen-bond donors (Lipinski definition) is 2. The van der Waals surface area contributed by atoms with E-state index in [1.807, 2.05) is 0 Å². The lowest BCUT2D eigenvalue weighted by atomic mass is 9.90. The molecule has 1 saturated carbocycles. The standard InChI is InChI=1S/C15H21NO3/c17-13-9-12(10-16-14(13)15(18)19)11-7-5-3-1-2-4-6-8-11/h9-11,17H,1-8H2,(H,18,19). The first-order valence-electron chi connectivity index (χ1n) is 7.10. The SMILES string of the molecule is O=C(O)c1ncc(C2CCCCCCCC2)cc1O. The van der Waals surface area contributed by atoms with Crippen molar-refractivity contribution in [2.45, 2.75) is 57.3 Å². The molecule has 1 aromatic heterocycles. The van der Waals surface area contributed by atoms with Gasteiger partial charge in [-0.1, -0.05) is 38.5 Å². The lowest BCUT2D eigenvalue weighted by Crippen LogP contribution is -2.04. The third kappa shape index (κ3) is 3.69. The largest absolute Gasteiger partial charge is 0.505 e. The van der Waals surface area contributed by atoms with Crippen LogP contribution < -0.4 is 0 Å². The molecule has 0 spiro atoms. The lowest BCUT2D eigenvalue weighted by molar-refractivity contribution is 0.0687. The highest BCUT2D eigenvalue weighted by Gasteiger charge is 2.17. The Kier molecular flexibility index (Phi) is 4.77. The Balaban J connectivity index is 2.14. The van der Waals surface area contributed by atoms with Gasteiger partial charge in [-0.05, 0) is 30.4 Å². The number of aromatic hydroxyl groups is 1. The first-order valence-corrected chi connectivity index (χ1v) is 7.10. The Hall–Kier alpha value is -1.58. The summed E-state index contributed by atoms with van der Waals surface area (Å²) in [5.41, 5.74) is 0.719. The zero-order chi connectivity index (χ0) is 13.7. The molecule has 0 atom stereocenters. The first kappa shape index (κ1) is 13.8. The highest BCUT2D eigenvalue weighted by Crippen LogP contribution is 2.32. The molecule has 0 aliphatic heterocycles. The second-order valence-electron chi connectivity index (χ2n) is 5.34. The molecule has 104 valence electrons. The van der Waals surface area contributed by atoms with Gasteiger partial charge in [-0.2, -0.15) is 0 Å². The van der Waals surface area contributed by atoms with E-state index < -0.39 is 5.97 Å². The minimum atomic E-state index is -1.18. The Morgan fingerprint density at radius 1 is 1.11 bits per heavy atom. The number of carboxylic acids is 1. The van der Waals surface area contributed by atoms with Crippen LogP contribution in [0, 0.1) is 0 Å². The summed E-state index contributed by atoms with van der Waals surface area (Å²) in [4.78, 5) is 14.7. The molecule has 0 aromatic carbocycles. The summed E-state index contributed by atoms with van der Waals surface area (Å²) in [7, 11) is 0. The third-order valence-corrected chi connectivity index (χ3v) is 3.92.